The Kier molecular flexibility index (Phi) is 9.35. The quantitative estimate of drug-likeness (QED) is 0.213. The molecule has 0 aliphatic carbocycles. The Bertz CT molecular complexity index is 1570. The van der Waals surface area contributed by atoms with Crippen molar-refractivity contribution in [3.05, 3.63) is 125 Å². The number of carbonyl (C=O) groups excluding carboxylic acids is 2. The van der Waals surface area contributed by atoms with Crippen molar-refractivity contribution >= 4 is 29.5 Å². The number of methoxy groups -OCH3 is 2. The number of anilines is 1. The molecule has 0 heterocycles. The van der Waals surface area contributed by atoms with Crippen LogP contribution in [0.3, 0.4) is 0 Å². The van der Waals surface area contributed by atoms with Crippen molar-refractivity contribution in [2.24, 2.45) is 0 Å². The van der Waals surface area contributed by atoms with Crippen molar-refractivity contribution in [3.63, 3.8) is 0 Å². The average molecular weight is 553 g/mol. The smallest absolute Gasteiger partial charge is 0.335 e. The first-order chi connectivity index (χ1) is 19.9. The number of carboxylic acid groups (broad SMARTS) is 1. The van der Waals surface area contributed by atoms with Crippen molar-refractivity contribution in [2.75, 3.05) is 19.5 Å². The third kappa shape index (κ3) is 7.51. The van der Waals surface area contributed by atoms with Crippen molar-refractivity contribution < 1.29 is 33.7 Å². The highest BCUT2D eigenvalue weighted by molar-refractivity contribution is 6.11. The maximum Gasteiger partial charge on any atom is 0.335 e. The van der Waals surface area contributed by atoms with Crippen LogP contribution in [0.1, 0.15) is 31.8 Å². The topological polar surface area (TPSA) is 123 Å². The minimum atomic E-state index is -1.17. The van der Waals surface area contributed by atoms with Crippen molar-refractivity contribution in [1.82, 2.24) is 5.32 Å². The molecule has 0 aromatic heterocycles. The zero-order chi connectivity index (χ0) is 29.2. The molecule has 0 unspecified atom stereocenters. The number of para-hydroxylation sites is 1. The van der Waals surface area contributed by atoms with E-state index in [-0.39, 0.29) is 29.3 Å². The van der Waals surface area contributed by atoms with Gasteiger partial charge in [0.05, 0.1) is 25.5 Å². The third-order valence-corrected chi connectivity index (χ3v) is 5.98. The van der Waals surface area contributed by atoms with Gasteiger partial charge < -0.3 is 30.0 Å². The lowest BCUT2D eigenvalue weighted by Gasteiger charge is -2.15. The van der Waals surface area contributed by atoms with E-state index < -0.39 is 17.8 Å². The van der Waals surface area contributed by atoms with Crippen LogP contribution in [0.25, 0.3) is 6.08 Å². The van der Waals surface area contributed by atoms with Crippen molar-refractivity contribution in [3.8, 4) is 17.2 Å². The van der Waals surface area contributed by atoms with Gasteiger partial charge in [-0.1, -0.05) is 48.5 Å². The molecule has 4 rings (SSSR count). The van der Waals surface area contributed by atoms with Crippen molar-refractivity contribution in [2.45, 2.75) is 6.61 Å². The van der Waals surface area contributed by atoms with E-state index in [9.17, 15) is 19.5 Å². The number of carboxylic acids is 1. The van der Waals surface area contributed by atoms with Crippen LogP contribution in [0, 0.1) is 0 Å². The zero-order valence-electron chi connectivity index (χ0n) is 22.4. The van der Waals surface area contributed by atoms with Gasteiger partial charge in [-0.25, -0.2) is 4.79 Å². The minimum absolute atomic E-state index is 0.0435. The molecule has 0 aliphatic rings. The van der Waals surface area contributed by atoms with Crippen LogP contribution in [0.5, 0.6) is 17.2 Å². The molecule has 9 nitrogen and oxygen atoms in total. The molecule has 9 heteroatoms. The number of hydrogen-bond donors (Lipinski definition) is 3. The first-order valence-electron chi connectivity index (χ1n) is 12.5. The highest BCUT2D eigenvalue weighted by Gasteiger charge is 2.18. The molecule has 0 fully saturated rings. The van der Waals surface area contributed by atoms with Gasteiger partial charge in [0.25, 0.3) is 11.8 Å². The summed E-state index contributed by atoms with van der Waals surface area (Å²) >= 11 is 0. The van der Waals surface area contributed by atoms with Gasteiger partial charge in [-0.05, 0) is 60.2 Å². The molecule has 0 radical (unpaired) electrons. The van der Waals surface area contributed by atoms with E-state index in [1.165, 1.54) is 38.5 Å². The summed E-state index contributed by atoms with van der Waals surface area (Å²) in [6.07, 6.45) is 1.49. The molecule has 0 saturated heterocycles. The summed E-state index contributed by atoms with van der Waals surface area (Å²) in [6, 6.07) is 27.2. The maximum atomic E-state index is 13.5. The lowest BCUT2D eigenvalue weighted by molar-refractivity contribution is -0.113. The summed E-state index contributed by atoms with van der Waals surface area (Å²) in [6.45, 7) is 0.259. The molecule has 3 N–H and O–H groups in total. The standard InChI is InChI=1S/C32H28N2O7/c1-39-28-16-15-23(32(37)38)19-26(28)33-31(36)27(34-30(35)22-9-5-3-6-10-22)17-21-13-14-24(29(18-21)40-2)20-41-25-11-7-4-8-12-25/h3-19H,20H2,1-2H3,(H,33,36)(H,34,35)(H,37,38)/b27-17-. The average Bonchev–Trinajstić information content (AvgIpc) is 3.00. The predicted octanol–water partition coefficient (Wildman–Crippen LogP) is 5.39. The number of carbonyl (C=O) groups is 3. The SMILES string of the molecule is COc1cc(/C=C(\NC(=O)c2ccccc2)C(=O)Nc2cc(C(=O)O)ccc2OC)ccc1COc1ccccc1. The molecular formula is C32H28N2O7. The zero-order valence-corrected chi connectivity index (χ0v) is 22.4. The molecule has 4 aromatic rings. The van der Waals surface area contributed by atoms with Gasteiger partial charge in [-0.3, -0.25) is 9.59 Å². The first-order valence-corrected chi connectivity index (χ1v) is 12.5. The lowest BCUT2D eigenvalue weighted by atomic mass is 10.1. The van der Waals surface area contributed by atoms with Crippen molar-refractivity contribution in [1.29, 1.82) is 0 Å². The van der Waals surface area contributed by atoms with E-state index in [0.717, 1.165) is 5.56 Å². The van der Waals surface area contributed by atoms with E-state index in [4.69, 9.17) is 14.2 Å². The lowest BCUT2D eigenvalue weighted by Crippen LogP contribution is -2.30. The Morgan fingerprint density at radius 2 is 1.46 bits per heavy atom. The molecule has 41 heavy (non-hydrogen) atoms. The second kappa shape index (κ2) is 13.5. The summed E-state index contributed by atoms with van der Waals surface area (Å²) in [5.74, 6) is -0.868. The summed E-state index contributed by atoms with van der Waals surface area (Å²) < 4.78 is 16.7. The number of benzene rings is 4. The summed E-state index contributed by atoms with van der Waals surface area (Å²) in [5, 5.41) is 14.7. The first kappa shape index (κ1) is 28.4. The van der Waals surface area contributed by atoms with Gasteiger partial charge in [-0.2, -0.15) is 0 Å². The van der Waals surface area contributed by atoms with Crippen LogP contribution in [0.2, 0.25) is 0 Å². The Morgan fingerprint density at radius 1 is 0.780 bits per heavy atom. The van der Waals surface area contributed by atoms with Crippen LogP contribution < -0.4 is 24.8 Å². The number of aromatic carboxylic acids is 1. The summed E-state index contributed by atoms with van der Waals surface area (Å²) in [4.78, 5) is 37.9. The van der Waals surface area contributed by atoms with Crippen LogP contribution in [-0.4, -0.2) is 37.1 Å². The normalized spacial score (nSPS) is 10.8. The van der Waals surface area contributed by atoms with Crippen LogP contribution in [-0.2, 0) is 11.4 Å². The van der Waals surface area contributed by atoms with Gasteiger partial charge in [-0.15, -0.1) is 0 Å². The third-order valence-electron chi connectivity index (χ3n) is 5.98. The van der Waals surface area contributed by atoms with Crippen LogP contribution in [0.4, 0.5) is 5.69 Å². The van der Waals surface area contributed by atoms with Gasteiger partial charge in [0.15, 0.2) is 0 Å². The molecule has 0 saturated carbocycles. The Morgan fingerprint density at radius 3 is 2.12 bits per heavy atom. The number of rotatable bonds is 11. The van der Waals surface area contributed by atoms with E-state index in [0.29, 0.717) is 22.6 Å². The van der Waals surface area contributed by atoms with E-state index in [1.54, 1.807) is 42.5 Å². The monoisotopic (exact) mass is 552 g/mol. The summed E-state index contributed by atoms with van der Waals surface area (Å²) in [5.41, 5.74) is 1.69. The Labute approximate surface area is 237 Å². The molecule has 0 spiro atoms. The molecule has 208 valence electrons. The number of nitrogens with one attached hydrogen (secondary N) is 2. The molecule has 0 atom stereocenters. The second-order valence-corrected chi connectivity index (χ2v) is 8.73. The maximum absolute atomic E-state index is 13.5. The highest BCUT2D eigenvalue weighted by Crippen LogP contribution is 2.27. The molecule has 0 aliphatic heterocycles. The van der Waals surface area contributed by atoms with Crippen LogP contribution >= 0.6 is 0 Å². The fourth-order valence-corrected chi connectivity index (χ4v) is 3.89. The minimum Gasteiger partial charge on any atom is -0.496 e. The number of amides is 2. The predicted molar refractivity (Wildman–Crippen MR) is 154 cm³/mol. The van der Waals surface area contributed by atoms with Gasteiger partial charge in [0.1, 0.15) is 29.6 Å². The summed E-state index contributed by atoms with van der Waals surface area (Å²) in [7, 11) is 2.93. The number of hydrogen-bond acceptors (Lipinski definition) is 6. The van der Waals surface area contributed by atoms with Crippen LogP contribution in [0.15, 0.2) is 103 Å². The van der Waals surface area contributed by atoms with E-state index in [1.807, 2.05) is 36.4 Å². The molecule has 0 bridgehead atoms. The van der Waals surface area contributed by atoms with Gasteiger partial charge in [0, 0.05) is 11.1 Å². The van der Waals surface area contributed by atoms with Gasteiger partial charge in [0.2, 0.25) is 0 Å². The molecule has 2 amide bonds. The second-order valence-electron chi connectivity index (χ2n) is 8.73. The Hall–Kier alpha value is -5.57. The van der Waals surface area contributed by atoms with E-state index in [2.05, 4.69) is 10.6 Å². The fourth-order valence-electron chi connectivity index (χ4n) is 3.89. The molecule has 4 aromatic carbocycles. The molecular weight excluding hydrogens is 524 g/mol. The highest BCUT2D eigenvalue weighted by atomic mass is 16.5. The van der Waals surface area contributed by atoms with Gasteiger partial charge >= 0.3 is 5.97 Å². The fraction of sp³-hybridized carbons (Fsp3) is 0.0938. The Balaban J connectivity index is 1.65. The van der Waals surface area contributed by atoms with E-state index >= 15 is 0 Å². The number of ether oxygens (including phenoxy) is 3. The largest absolute Gasteiger partial charge is 0.496 e.